The maximum Gasteiger partial charge on any atom is 0.253 e. The van der Waals surface area contributed by atoms with Gasteiger partial charge in [-0.15, -0.1) is 0 Å². The number of carbonyl (C=O) groups excluding carboxylic acids is 1. The Kier molecular flexibility index (Phi) is 5.50. The second-order valence-electron chi connectivity index (χ2n) is 3.70. The van der Waals surface area contributed by atoms with Crippen LogP contribution in [-0.4, -0.2) is 30.5 Å². The highest BCUT2D eigenvalue weighted by molar-refractivity contribution is 5.95. The van der Waals surface area contributed by atoms with Crippen molar-refractivity contribution < 1.29 is 4.79 Å². The van der Waals surface area contributed by atoms with E-state index in [0.29, 0.717) is 12.1 Å². The molecule has 0 aromatic carbocycles. The largest absolute Gasteiger partial charge is 0.351 e. The number of hydrogen-bond donors (Lipinski definition) is 2. The van der Waals surface area contributed by atoms with Crippen molar-refractivity contribution in [1.29, 1.82) is 0 Å². The SMILES string of the molecule is CCCNCCNC(=O)c1cnccc1C. The van der Waals surface area contributed by atoms with Gasteiger partial charge in [-0.3, -0.25) is 9.78 Å². The quantitative estimate of drug-likeness (QED) is 0.708. The van der Waals surface area contributed by atoms with Crippen LogP contribution < -0.4 is 10.6 Å². The van der Waals surface area contributed by atoms with E-state index in [4.69, 9.17) is 0 Å². The van der Waals surface area contributed by atoms with Crippen molar-refractivity contribution in [1.82, 2.24) is 15.6 Å². The average molecular weight is 221 g/mol. The fourth-order valence-corrected chi connectivity index (χ4v) is 1.36. The van der Waals surface area contributed by atoms with Gasteiger partial charge < -0.3 is 10.6 Å². The van der Waals surface area contributed by atoms with Gasteiger partial charge in [0, 0.05) is 25.5 Å². The molecule has 0 saturated carbocycles. The summed E-state index contributed by atoms with van der Waals surface area (Å²) < 4.78 is 0. The van der Waals surface area contributed by atoms with E-state index in [0.717, 1.165) is 25.1 Å². The summed E-state index contributed by atoms with van der Waals surface area (Å²) in [6, 6.07) is 1.84. The molecular weight excluding hydrogens is 202 g/mol. The minimum absolute atomic E-state index is 0.0519. The van der Waals surface area contributed by atoms with Gasteiger partial charge in [-0.2, -0.15) is 0 Å². The molecule has 1 amide bonds. The van der Waals surface area contributed by atoms with Crippen LogP contribution in [0.4, 0.5) is 0 Å². The Morgan fingerprint density at radius 1 is 1.38 bits per heavy atom. The summed E-state index contributed by atoms with van der Waals surface area (Å²) in [7, 11) is 0. The van der Waals surface area contributed by atoms with Crippen LogP contribution in [0.15, 0.2) is 18.5 Å². The molecule has 1 rings (SSSR count). The van der Waals surface area contributed by atoms with Crippen molar-refractivity contribution in [2.45, 2.75) is 20.3 Å². The first-order valence-electron chi connectivity index (χ1n) is 5.65. The average Bonchev–Trinajstić information content (AvgIpc) is 2.29. The van der Waals surface area contributed by atoms with E-state index < -0.39 is 0 Å². The molecule has 0 atom stereocenters. The van der Waals surface area contributed by atoms with Crippen LogP contribution in [0.2, 0.25) is 0 Å². The van der Waals surface area contributed by atoms with Crippen LogP contribution in [0.25, 0.3) is 0 Å². The maximum atomic E-state index is 11.7. The predicted octanol–water partition coefficient (Wildman–Crippen LogP) is 1.12. The molecule has 1 heterocycles. The Hall–Kier alpha value is -1.42. The summed E-state index contributed by atoms with van der Waals surface area (Å²) in [5.74, 6) is -0.0519. The van der Waals surface area contributed by atoms with Gasteiger partial charge in [0.2, 0.25) is 0 Å². The number of aromatic nitrogens is 1. The zero-order valence-electron chi connectivity index (χ0n) is 9.92. The molecule has 1 aromatic heterocycles. The van der Waals surface area contributed by atoms with Crippen molar-refractivity contribution in [2.24, 2.45) is 0 Å². The molecular formula is C12H19N3O. The summed E-state index contributed by atoms with van der Waals surface area (Å²) >= 11 is 0. The molecule has 0 fully saturated rings. The topological polar surface area (TPSA) is 54.0 Å². The van der Waals surface area contributed by atoms with Crippen molar-refractivity contribution in [2.75, 3.05) is 19.6 Å². The fourth-order valence-electron chi connectivity index (χ4n) is 1.36. The van der Waals surface area contributed by atoms with Crippen molar-refractivity contribution in [3.8, 4) is 0 Å². The number of pyridine rings is 1. The molecule has 4 nitrogen and oxygen atoms in total. The van der Waals surface area contributed by atoms with Crippen molar-refractivity contribution in [3.63, 3.8) is 0 Å². The lowest BCUT2D eigenvalue weighted by molar-refractivity contribution is 0.0953. The van der Waals surface area contributed by atoms with Crippen LogP contribution in [0, 0.1) is 6.92 Å². The fraction of sp³-hybridized carbons (Fsp3) is 0.500. The Morgan fingerprint density at radius 3 is 2.88 bits per heavy atom. The number of rotatable bonds is 6. The summed E-state index contributed by atoms with van der Waals surface area (Å²) in [4.78, 5) is 15.7. The lowest BCUT2D eigenvalue weighted by Crippen LogP contribution is -2.32. The minimum Gasteiger partial charge on any atom is -0.351 e. The van der Waals surface area contributed by atoms with Gasteiger partial charge in [0.05, 0.1) is 5.56 Å². The van der Waals surface area contributed by atoms with Gasteiger partial charge in [-0.25, -0.2) is 0 Å². The summed E-state index contributed by atoms with van der Waals surface area (Å²) in [5, 5.41) is 6.08. The molecule has 0 radical (unpaired) electrons. The molecule has 4 heteroatoms. The first-order valence-corrected chi connectivity index (χ1v) is 5.65. The van der Waals surface area contributed by atoms with E-state index in [9.17, 15) is 4.79 Å². The third kappa shape index (κ3) is 3.98. The molecule has 0 aliphatic heterocycles. The van der Waals surface area contributed by atoms with E-state index in [1.54, 1.807) is 12.4 Å². The van der Waals surface area contributed by atoms with Gasteiger partial charge in [-0.1, -0.05) is 6.92 Å². The molecule has 88 valence electrons. The Bertz CT molecular complexity index is 339. The first kappa shape index (κ1) is 12.6. The highest BCUT2D eigenvalue weighted by Crippen LogP contribution is 2.03. The second-order valence-corrected chi connectivity index (χ2v) is 3.70. The predicted molar refractivity (Wildman–Crippen MR) is 64.5 cm³/mol. The number of aryl methyl sites for hydroxylation is 1. The molecule has 0 bridgehead atoms. The van der Waals surface area contributed by atoms with Gasteiger partial charge in [0.25, 0.3) is 5.91 Å². The normalized spacial score (nSPS) is 10.1. The van der Waals surface area contributed by atoms with Crippen molar-refractivity contribution in [3.05, 3.63) is 29.6 Å². The molecule has 0 unspecified atom stereocenters. The summed E-state index contributed by atoms with van der Waals surface area (Å²) in [6.45, 7) is 6.46. The molecule has 0 saturated heterocycles. The highest BCUT2D eigenvalue weighted by Gasteiger charge is 2.07. The molecule has 2 N–H and O–H groups in total. The Labute approximate surface area is 96.5 Å². The highest BCUT2D eigenvalue weighted by atomic mass is 16.1. The number of carbonyl (C=O) groups is 1. The lowest BCUT2D eigenvalue weighted by atomic mass is 10.1. The van der Waals surface area contributed by atoms with Crippen LogP contribution in [0.5, 0.6) is 0 Å². The molecule has 0 aliphatic rings. The minimum atomic E-state index is -0.0519. The lowest BCUT2D eigenvalue weighted by Gasteiger charge is -2.07. The van der Waals surface area contributed by atoms with Crippen LogP contribution in [0.3, 0.4) is 0 Å². The number of nitrogens with zero attached hydrogens (tertiary/aromatic N) is 1. The van der Waals surface area contributed by atoms with E-state index >= 15 is 0 Å². The first-order chi connectivity index (χ1) is 7.75. The number of nitrogens with one attached hydrogen (secondary N) is 2. The zero-order valence-corrected chi connectivity index (χ0v) is 9.92. The van der Waals surface area contributed by atoms with E-state index in [2.05, 4.69) is 22.5 Å². The maximum absolute atomic E-state index is 11.7. The molecule has 0 aliphatic carbocycles. The monoisotopic (exact) mass is 221 g/mol. The Morgan fingerprint density at radius 2 is 2.19 bits per heavy atom. The van der Waals surface area contributed by atoms with Gasteiger partial charge in [-0.05, 0) is 31.5 Å². The van der Waals surface area contributed by atoms with Crippen LogP contribution in [-0.2, 0) is 0 Å². The van der Waals surface area contributed by atoms with Gasteiger partial charge in [0.15, 0.2) is 0 Å². The molecule has 1 aromatic rings. The van der Waals surface area contributed by atoms with E-state index in [1.807, 2.05) is 13.0 Å². The second kappa shape index (κ2) is 6.95. The van der Waals surface area contributed by atoms with E-state index in [1.165, 1.54) is 0 Å². The molecule has 0 spiro atoms. The number of hydrogen-bond acceptors (Lipinski definition) is 3. The smallest absolute Gasteiger partial charge is 0.253 e. The van der Waals surface area contributed by atoms with Gasteiger partial charge in [0.1, 0.15) is 0 Å². The molecule has 16 heavy (non-hydrogen) atoms. The third-order valence-electron chi connectivity index (χ3n) is 2.30. The summed E-state index contributed by atoms with van der Waals surface area (Å²) in [6.07, 6.45) is 4.40. The van der Waals surface area contributed by atoms with Crippen LogP contribution >= 0.6 is 0 Å². The summed E-state index contributed by atoms with van der Waals surface area (Å²) in [5.41, 5.74) is 1.60. The van der Waals surface area contributed by atoms with Crippen molar-refractivity contribution >= 4 is 5.91 Å². The van der Waals surface area contributed by atoms with Gasteiger partial charge >= 0.3 is 0 Å². The standard InChI is InChI=1S/C12H19N3O/c1-3-5-13-7-8-15-12(16)11-9-14-6-4-10(11)2/h4,6,9,13H,3,5,7-8H2,1-2H3,(H,15,16). The number of amides is 1. The zero-order chi connectivity index (χ0) is 11.8. The van der Waals surface area contributed by atoms with E-state index in [-0.39, 0.29) is 5.91 Å². The third-order valence-corrected chi connectivity index (χ3v) is 2.30. The van der Waals surface area contributed by atoms with Crippen LogP contribution in [0.1, 0.15) is 29.3 Å². The Balaban J connectivity index is 2.33.